The van der Waals surface area contributed by atoms with Crippen LogP contribution in [0.15, 0.2) is 52.4 Å². The highest BCUT2D eigenvalue weighted by atomic mass is 35.5. The van der Waals surface area contributed by atoms with Gasteiger partial charge in [0, 0.05) is 42.4 Å². The molecule has 156 valence electrons. The van der Waals surface area contributed by atoms with Crippen molar-refractivity contribution in [3.05, 3.63) is 75.0 Å². The van der Waals surface area contributed by atoms with Crippen LogP contribution in [0.3, 0.4) is 0 Å². The molecule has 0 fully saturated rings. The molecule has 0 atom stereocenters. The van der Waals surface area contributed by atoms with E-state index in [9.17, 15) is 4.79 Å². The quantitative estimate of drug-likeness (QED) is 0.562. The van der Waals surface area contributed by atoms with E-state index in [4.69, 9.17) is 16.1 Å². The third-order valence-electron chi connectivity index (χ3n) is 4.97. The van der Waals surface area contributed by atoms with E-state index in [-0.39, 0.29) is 5.91 Å². The summed E-state index contributed by atoms with van der Waals surface area (Å²) < 4.78 is 5.35. The summed E-state index contributed by atoms with van der Waals surface area (Å²) in [5, 5.41) is 9.77. The number of aryl methyl sites for hydroxylation is 1. The van der Waals surface area contributed by atoms with Gasteiger partial charge >= 0.3 is 0 Å². The first-order chi connectivity index (χ1) is 14.7. The summed E-state index contributed by atoms with van der Waals surface area (Å²) in [4.78, 5) is 20.0. The highest BCUT2D eigenvalue weighted by molar-refractivity contribution is 7.09. The molecule has 6 nitrogen and oxygen atoms in total. The summed E-state index contributed by atoms with van der Waals surface area (Å²) in [5.41, 5.74) is 2.34. The summed E-state index contributed by atoms with van der Waals surface area (Å²) in [7, 11) is 0. The lowest BCUT2D eigenvalue weighted by Gasteiger charge is -2.25. The smallest absolute Gasteiger partial charge is 0.227 e. The number of aromatic nitrogens is 2. The van der Waals surface area contributed by atoms with Crippen molar-refractivity contribution in [2.75, 3.05) is 13.1 Å². The highest BCUT2D eigenvalue weighted by Gasteiger charge is 2.18. The molecule has 0 unspecified atom stereocenters. The fraction of sp³-hybridized carbons (Fsp3) is 0.318. The number of rotatable bonds is 8. The molecule has 0 spiro atoms. The molecule has 8 heteroatoms. The van der Waals surface area contributed by atoms with Gasteiger partial charge in [-0.15, -0.1) is 11.3 Å². The number of amides is 1. The lowest BCUT2D eigenvalue weighted by atomic mass is 10.1. The van der Waals surface area contributed by atoms with Crippen molar-refractivity contribution in [2.24, 2.45) is 0 Å². The van der Waals surface area contributed by atoms with E-state index in [1.165, 1.54) is 5.56 Å². The zero-order valence-corrected chi connectivity index (χ0v) is 18.1. The number of hydrogen-bond donors (Lipinski definition) is 1. The number of nitrogens with zero attached hydrogens (tertiary/aromatic N) is 3. The van der Waals surface area contributed by atoms with Gasteiger partial charge in [-0.2, -0.15) is 4.98 Å². The number of carbonyl (C=O) groups excluding carboxylic acids is 1. The summed E-state index contributed by atoms with van der Waals surface area (Å²) in [6, 6.07) is 11.9. The molecule has 1 aliphatic rings. The van der Waals surface area contributed by atoms with Crippen molar-refractivity contribution in [3.63, 3.8) is 0 Å². The SMILES string of the molecule is O=C(CCc1nc(C2=CCN(Cc3ccc(Cl)cc3)CC2)no1)NCc1cccs1. The average Bonchev–Trinajstić information content (AvgIpc) is 3.45. The molecule has 1 aliphatic heterocycles. The van der Waals surface area contributed by atoms with Crippen molar-refractivity contribution in [1.82, 2.24) is 20.4 Å². The Kier molecular flexibility index (Phi) is 6.94. The zero-order valence-electron chi connectivity index (χ0n) is 16.5. The molecule has 1 amide bonds. The number of halogens is 1. The van der Waals surface area contributed by atoms with E-state index < -0.39 is 0 Å². The van der Waals surface area contributed by atoms with Crippen LogP contribution in [0.4, 0.5) is 0 Å². The van der Waals surface area contributed by atoms with E-state index in [0.29, 0.717) is 31.1 Å². The van der Waals surface area contributed by atoms with Crippen molar-refractivity contribution in [1.29, 1.82) is 0 Å². The van der Waals surface area contributed by atoms with Crippen LogP contribution in [-0.2, 0) is 24.3 Å². The zero-order chi connectivity index (χ0) is 20.8. The predicted molar refractivity (Wildman–Crippen MR) is 118 cm³/mol. The Morgan fingerprint density at radius 1 is 1.27 bits per heavy atom. The minimum Gasteiger partial charge on any atom is -0.351 e. The number of benzene rings is 1. The van der Waals surface area contributed by atoms with Crippen molar-refractivity contribution in [2.45, 2.75) is 32.4 Å². The number of thiophene rings is 1. The Morgan fingerprint density at radius 3 is 2.87 bits per heavy atom. The largest absolute Gasteiger partial charge is 0.351 e. The van der Waals surface area contributed by atoms with Crippen LogP contribution in [0, 0.1) is 0 Å². The molecule has 0 aliphatic carbocycles. The van der Waals surface area contributed by atoms with Crippen LogP contribution in [0.2, 0.25) is 5.02 Å². The number of hydrogen-bond acceptors (Lipinski definition) is 6. The topological polar surface area (TPSA) is 71.3 Å². The van der Waals surface area contributed by atoms with Crippen LogP contribution in [0.25, 0.3) is 5.57 Å². The molecule has 30 heavy (non-hydrogen) atoms. The minimum absolute atomic E-state index is 0.0159. The molecule has 0 bridgehead atoms. The lowest BCUT2D eigenvalue weighted by Crippen LogP contribution is -2.28. The second-order valence-electron chi connectivity index (χ2n) is 7.21. The average molecular weight is 443 g/mol. The summed E-state index contributed by atoms with van der Waals surface area (Å²) in [6.45, 7) is 3.22. The van der Waals surface area contributed by atoms with Gasteiger partial charge in [0.2, 0.25) is 11.8 Å². The normalized spacial score (nSPS) is 14.5. The standard InChI is InChI=1S/C22H23ClN4O2S/c23-18-5-3-16(4-6-18)15-27-11-9-17(10-12-27)22-25-21(29-26-22)8-7-20(28)24-14-19-2-1-13-30-19/h1-6,9,13H,7-8,10-12,14-15H2,(H,24,28). The molecule has 0 radical (unpaired) electrons. The summed E-state index contributed by atoms with van der Waals surface area (Å²) in [5.74, 6) is 1.12. The maximum absolute atomic E-state index is 12.0. The molecular weight excluding hydrogens is 420 g/mol. The molecule has 3 aromatic rings. The Hall–Kier alpha value is -2.48. The van der Waals surface area contributed by atoms with E-state index >= 15 is 0 Å². The molecule has 1 aromatic carbocycles. The second kappa shape index (κ2) is 10.0. The van der Waals surface area contributed by atoms with Gasteiger partial charge in [-0.25, -0.2) is 0 Å². The Bertz CT molecular complexity index is 999. The van der Waals surface area contributed by atoms with Crippen LogP contribution >= 0.6 is 22.9 Å². The highest BCUT2D eigenvalue weighted by Crippen LogP contribution is 2.22. The van der Waals surface area contributed by atoms with Gasteiger partial charge in [0.1, 0.15) is 0 Å². The monoisotopic (exact) mass is 442 g/mol. The first-order valence-corrected chi connectivity index (χ1v) is 11.2. The van der Waals surface area contributed by atoms with Gasteiger partial charge in [0.25, 0.3) is 0 Å². The maximum Gasteiger partial charge on any atom is 0.227 e. The van der Waals surface area contributed by atoms with E-state index in [1.807, 2.05) is 29.6 Å². The van der Waals surface area contributed by atoms with Gasteiger partial charge in [-0.05, 0) is 41.1 Å². The van der Waals surface area contributed by atoms with Gasteiger partial charge in [-0.3, -0.25) is 9.69 Å². The minimum atomic E-state index is -0.0159. The van der Waals surface area contributed by atoms with Gasteiger partial charge in [0.05, 0.1) is 6.54 Å². The van der Waals surface area contributed by atoms with Crippen molar-refractivity contribution in [3.8, 4) is 0 Å². The molecule has 4 rings (SSSR count). The summed E-state index contributed by atoms with van der Waals surface area (Å²) in [6.07, 6.45) is 3.80. The molecule has 2 aromatic heterocycles. The van der Waals surface area contributed by atoms with Gasteiger partial charge in [-0.1, -0.05) is 41.0 Å². The third kappa shape index (κ3) is 5.78. The fourth-order valence-electron chi connectivity index (χ4n) is 3.30. The molecule has 3 heterocycles. The Morgan fingerprint density at radius 2 is 2.13 bits per heavy atom. The van der Waals surface area contributed by atoms with Gasteiger partial charge < -0.3 is 9.84 Å². The Balaban J connectivity index is 1.24. The van der Waals surface area contributed by atoms with Crippen molar-refractivity contribution >= 4 is 34.4 Å². The van der Waals surface area contributed by atoms with E-state index in [0.717, 1.165) is 41.5 Å². The van der Waals surface area contributed by atoms with Crippen LogP contribution in [0.5, 0.6) is 0 Å². The second-order valence-corrected chi connectivity index (χ2v) is 8.68. The molecule has 0 saturated heterocycles. The third-order valence-corrected chi connectivity index (χ3v) is 6.10. The molecule has 1 N–H and O–H groups in total. The Labute approximate surface area is 184 Å². The molecular formula is C22H23ClN4O2S. The maximum atomic E-state index is 12.0. The fourth-order valence-corrected chi connectivity index (χ4v) is 4.07. The van der Waals surface area contributed by atoms with Crippen LogP contribution in [0.1, 0.15) is 35.0 Å². The van der Waals surface area contributed by atoms with Gasteiger partial charge in [0.15, 0.2) is 5.82 Å². The van der Waals surface area contributed by atoms with Crippen molar-refractivity contribution < 1.29 is 9.32 Å². The predicted octanol–water partition coefficient (Wildman–Crippen LogP) is 4.32. The van der Waals surface area contributed by atoms with E-state index in [2.05, 4.69) is 38.6 Å². The van der Waals surface area contributed by atoms with E-state index in [1.54, 1.807) is 11.3 Å². The molecule has 0 saturated carbocycles. The summed E-state index contributed by atoms with van der Waals surface area (Å²) >= 11 is 7.58. The first-order valence-electron chi connectivity index (χ1n) is 9.93. The lowest BCUT2D eigenvalue weighted by molar-refractivity contribution is -0.121. The van der Waals surface area contributed by atoms with Crippen LogP contribution in [-0.4, -0.2) is 34.0 Å². The first kappa shape index (κ1) is 20.8. The number of carbonyl (C=O) groups is 1. The van der Waals surface area contributed by atoms with Crippen LogP contribution < -0.4 is 5.32 Å². The number of nitrogens with one attached hydrogen (secondary N) is 1.